The maximum atomic E-state index is 12.5. The number of alkyl halides is 2. The molecule has 0 amide bonds. The Labute approximate surface area is 130 Å². The van der Waals surface area contributed by atoms with Crippen molar-refractivity contribution >= 4 is 23.2 Å². The number of nitrogens with two attached hydrogens (primary N) is 1. The summed E-state index contributed by atoms with van der Waals surface area (Å²) < 4.78 is 29.5. The van der Waals surface area contributed by atoms with Crippen LogP contribution in [0.15, 0.2) is 42.5 Å². The van der Waals surface area contributed by atoms with Crippen LogP contribution in [0.2, 0.25) is 10.0 Å². The van der Waals surface area contributed by atoms with Gasteiger partial charge in [0, 0.05) is 5.56 Å². The van der Waals surface area contributed by atoms with Crippen molar-refractivity contribution in [2.45, 2.75) is 12.7 Å². The Kier molecular flexibility index (Phi) is 5.36. The maximum absolute atomic E-state index is 12.5. The highest BCUT2D eigenvalue weighted by Crippen LogP contribution is 2.33. The SMILES string of the molecule is NNC(c1ccc(Cl)c(Cl)c1)c1ccccc1OC(F)F. The number of benzene rings is 2. The third-order valence-electron chi connectivity index (χ3n) is 2.89. The lowest BCUT2D eigenvalue weighted by atomic mass is 9.98. The fourth-order valence-electron chi connectivity index (χ4n) is 1.98. The second-order valence-corrected chi connectivity index (χ2v) is 5.00. The number of rotatable bonds is 5. The normalized spacial score (nSPS) is 12.5. The second-order valence-electron chi connectivity index (χ2n) is 4.19. The van der Waals surface area contributed by atoms with Crippen molar-refractivity contribution in [3.8, 4) is 5.75 Å². The summed E-state index contributed by atoms with van der Waals surface area (Å²) in [6.45, 7) is -2.92. The van der Waals surface area contributed by atoms with Crippen LogP contribution in [0.1, 0.15) is 17.2 Å². The van der Waals surface area contributed by atoms with Crippen molar-refractivity contribution in [2.24, 2.45) is 5.84 Å². The van der Waals surface area contributed by atoms with E-state index >= 15 is 0 Å². The number of hydrazine groups is 1. The van der Waals surface area contributed by atoms with E-state index in [-0.39, 0.29) is 5.75 Å². The Balaban J connectivity index is 2.43. The number of halogens is 4. The molecule has 2 aromatic carbocycles. The first-order chi connectivity index (χ1) is 10.0. The van der Waals surface area contributed by atoms with E-state index in [1.165, 1.54) is 6.07 Å². The van der Waals surface area contributed by atoms with Gasteiger partial charge < -0.3 is 4.74 Å². The zero-order valence-corrected chi connectivity index (χ0v) is 12.2. The predicted molar refractivity (Wildman–Crippen MR) is 78.7 cm³/mol. The zero-order valence-electron chi connectivity index (χ0n) is 10.7. The first-order valence-electron chi connectivity index (χ1n) is 5.97. The van der Waals surface area contributed by atoms with E-state index in [4.69, 9.17) is 29.0 Å². The van der Waals surface area contributed by atoms with Crippen LogP contribution in [0.25, 0.3) is 0 Å². The Morgan fingerprint density at radius 1 is 1.05 bits per heavy atom. The Morgan fingerprint density at radius 3 is 2.38 bits per heavy atom. The molecule has 0 bridgehead atoms. The highest BCUT2D eigenvalue weighted by atomic mass is 35.5. The molecule has 1 atom stereocenters. The van der Waals surface area contributed by atoms with Crippen LogP contribution in [0.3, 0.4) is 0 Å². The first-order valence-corrected chi connectivity index (χ1v) is 6.73. The standard InChI is InChI=1S/C14H12Cl2F2N2O/c15-10-6-5-8(7-11(10)16)13(20-19)9-3-1-2-4-12(9)21-14(17)18/h1-7,13-14,20H,19H2. The summed E-state index contributed by atoms with van der Waals surface area (Å²) in [4.78, 5) is 0. The van der Waals surface area contributed by atoms with Gasteiger partial charge in [0.2, 0.25) is 0 Å². The highest BCUT2D eigenvalue weighted by molar-refractivity contribution is 6.42. The fourth-order valence-corrected chi connectivity index (χ4v) is 2.29. The van der Waals surface area contributed by atoms with E-state index in [0.717, 1.165) is 0 Å². The van der Waals surface area contributed by atoms with E-state index in [0.29, 0.717) is 21.2 Å². The molecule has 0 spiro atoms. The summed E-state index contributed by atoms with van der Waals surface area (Å²) in [7, 11) is 0. The molecule has 0 aromatic heterocycles. The van der Waals surface area contributed by atoms with Crippen molar-refractivity contribution in [3.05, 3.63) is 63.6 Å². The van der Waals surface area contributed by atoms with Gasteiger partial charge in [-0.15, -0.1) is 0 Å². The lowest BCUT2D eigenvalue weighted by Crippen LogP contribution is -2.29. The van der Waals surface area contributed by atoms with Crippen LogP contribution in [-0.2, 0) is 0 Å². The van der Waals surface area contributed by atoms with Gasteiger partial charge in [0.25, 0.3) is 0 Å². The monoisotopic (exact) mass is 332 g/mol. The summed E-state index contributed by atoms with van der Waals surface area (Å²) in [5.41, 5.74) is 3.72. The largest absolute Gasteiger partial charge is 0.434 e. The fraction of sp³-hybridized carbons (Fsp3) is 0.143. The Hall–Kier alpha value is -1.40. The molecule has 0 heterocycles. The third-order valence-corrected chi connectivity index (χ3v) is 3.63. The minimum Gasteiger partial charge on any atom is -0.434 e. The third kappa shape index (κ3) is 3.83. The van der Waals surface area contributed by atoms with Gasteiger partial charge in [-0.05, 0) is 23.8 Å². The van der Waals surface area contributed by atoms with Crippen molar-refractivity contribution < 1.29 is 13.5 Å². The van der Waals surface area contributed by atoms with Gasteiger partial charge in [0.1, 0.15) is 5.75 Å². The van der Waals surface area contributed by atoms with Crippen LogP contribution in [0.5, 0.6) is 5.75 Å². The minimum absolute atomic E-state index is 0.0431. The summed E-state index contributed by atoms with van der Waals surface area (Å²) in [5, 5.41) is 0.745. The topological polar surface area (TPSA) is 47.3 Å². The van der Waals surface area contributed by atoms with Gasteiger partial charge in [-0.2, -0.15) is 8.78 Å². The van der Waals surface area contributed by atoms with Gasteiger partial charge >= 0.3 is 6.61 Å². The predicted octanol–water partition coefficient (Wildman–Crippen LogP) is 4.15. The molecule has 0 saturated heterocycles. The summed E-state index contributed by atoms with van der Waals surface area (Å²) in [5.74, 6) is 5.60. The Morgan fingerprint density at radius 2 is 1.76 bits per heavy atom. The minimum atomic E-state index is -2.92. The molecule has 7 heteroatoms. The molecule has 2 aromatic rings. The van der Waals surface area contributed by atoms with Gasteiger partial charge in [-0.1, -0.05) is 47.5 Å². The lowest BCUT2D eigenvalue weighted by Gasteiger charge is -2.20. The summed E-state index contributed by atoms with van der Waals surface area (Å²) in [6, 6.07) is 10.8. The molecule has 3 N–H and O–H groups in total. The molecule has 1 unspecified atom stereocenters. The van der Waals surface area contributed by atoms with E-state index in [2.05, 4.69) is 10.2 Å². The highest BCUT2D eigenvalue weighted by Gasteiger charge is 2.19. The van der Waals surface area contributed by atoms with E-state index < -0.39 is 12.7 Å². The van der Waals surface area contributed by atoms with Crippen molar-refractivity contribution in [1.82, 2.24) is 5.43 Å². The second kappa shape index (κ2) is 7.04. The number of ether oxygens (including phenoxy) is 1. The molecule has 0 aliphatic carbocycles. The molecule has 21 heavy (non-hydrogen) atoms. The van der Waals surface area contributed by atoms with E-state index in [9.17, 15) is 8.78 Å². The molecule has 0 fully saturated rings. The van der Waals surface area contributed by atoms with Crippen LogP contribution < -0.4 is 16.0 Å². The molecule has 0 radical (unpaired) electrons. The van der Waals surface area contributed by atoms with Gasteiger partial charge in [-0.25, -0.2) is 5.43 Å². The van der Waals surface area contributed by atoms with Crippen LogP contribution >= 0.6 is 23.2 Å². The number of hydrogen-bond donors (Lipinski definition) is 2. The summed E-state index contributed by atoms with van der Waals surface area (Å²) in [6.07, 6.45) is 0. The molecular weight excluding hydrogens is 321 g/mol. The number of nitrogens with one attached hydrogen (secondary N) is 1. The molecule has 0 aliphatic heterocycles. The van der Waals surface area contributed by atoms with E-state index in [1.807, 2.05) is 0 Å². The van der Waals surface area contributed by atoms with Crippen LogP contribution in [-0.4, -0.2) is 6.61 Å². The average molecular weight is 333 g/mol. The number of para-hydroxylation sites is 1. The molecular formula is C14H12Cl2F2N2O. The molecule has 0 aliphatic rings. The van der Waals surface area contributed by atoms with Crippen molar-refractivity contribution in [3.63, 3.8) is 0 Å². The quantitative estimate of drug-likeness (QED) is 0.638. The number of hydrogen-bond acceptors (Lipinski definition) is 3. The first kappa shape index (κ1) is 16.0. The van der Waals surface area contributed by atoms with Gasteiger partial charge in [0.05, 0.1) is 16.1 Å². The molecule has 112 valence electrons. The van der Waals surface area contributed by atoms with Crippen molar-refractivity contribution in [2.75, 3.05) is 0 Å². The molecule has 3 nitrogen and oxygen atoms in total. The van der Waals surface area contributed by atoms with Crippen LogP contribution in [0.4, 0.5) is 8.78 Å². The van der Waals surface area contributed by atoms with Gasteiger partial charge in [-0.3, -0.25) is 5.84 Å². The summed E-state index contributed by atoms with van der Waals surface area (Å²) >= 11 is 11.8. The maximum Gasteiger partial charge on any atom is 0.387 e. The van der Waals surface area contributed by atoms with Crippen LogP contribution in [0, 0.1) is 0 Å². The lowest BCUT2D eigenvalue weighted by molar-refractivity contribution is -0.0506. The smallest absolute Gasteiger partial charge is 0.387 e. The zero-order chi connectivity index (χ0) is 15.4. The average Bonchev–Trinajstić information content (AvgIpc) is 2.44. The van der Waals surface area contributed by atoms with Crippen molar-refractivity contribution in [1.29, 1.82) is 0 Å². The van der Waals surface area contributed by atoms with Gasteiger partial charge in [0.15, 0.2) is 0 Å². The molecule has 0 saturated carbocycles. The Bertz CT molecular complexity index is 626. The molecule has 2 rings (SSSR count). The van der Waals surface area contributed by atoms with E-state index in [1.54, 1.807) is 36.4 Å².